The summed E-state index contributed by atoms with van der Waals surface area (Å²) >= 11 is 1.69. The maximum Gasteiger partial charge on any atom is 0.311 e. The van der Waals surface area contributed by atoms with Gasteiger partial charge < -0.3 is 9.64 Å². The number of aromatic nitrogens is 1. The molecule has 5 nitrogen and oxygen atoms in total. The molecule has 1 atom stereocenters. The molecule has 2 aliphatic rings. The van der Waals surface area contributed by atoms with Gasteiger partial charge in [0.15, 0.2) is 0 Å². The van der Waals surface area contributed by atoms with Crippen molar-refractivity contribution in [1.29, 1.82) is 0 Å². The Morgan fingerprint density at radius 1 is 1.27 bits per heavy atom. The predicted molar refractivity (Wildman–Crippen MR) is 101 cm³/mol. The van der Waals surface area contributed by atoms with Crippen molar-refractivity contribution in [2.24, 2.45) is 5.92 Å². The number of hydrogen-bond donors (Lipinski definition) is 0. The van der Waals surface area contributed by atoms with Crippen LogP contribution in [0.15, 0.2) is 24.3 Å². The summed E-state index contributed by atoms with van der Waals surface area (Å²) < 4.78 is 6.63. The molecule has 0 spiro atoms. The van der Waals surface area contributed by atoms with E-state index in [-0.39, 0.29) is 17.8 Å². The Balaban J connectivity index is 1.22. The van der Waals surface area contributed by atoms with Crippen molar-refractivity contribution in [3.63, 3.8) is 0 Å². The maximum atomic E-state index is 12.3. The number of esters is 1. The maximum absolute atomic E-state index is 12.3. The van der Waals surface area contributed by atoms with Gasteiger partial charge in [0.05, 0.1) is 27.7 Å². The minimum Gasteiger partial charge on any atom is -0.465 e. The van der Waals surface area contributed by atoms with Crippen molar-refractivity contribution in [1.82, 2.24) is 9.88 Å². The highest BCUT2D eigenvalue weighted by molar-refractivity contribution is 7.18. The van der Waals surface area contributed by atoms with Crippen LogP contribution in [-0.2, 0) is 20.7 Å². The lowest BCUT2D eigenvalue weighted by Crippen LogP contribution is -2.35. The summed E-state index contributed by atoms with van der Waals surface area (Å²) in [5.41, 5.74) is 1.03. The minimum absolute atomic E-state index is 0.119. The van der Waals surface area contributed by atoms with E-state index in [2.05, 4.69) is 11.1 Å². The monoisotopic (exact) mass is 372 g/mol. The highest BCUT2D eigenvalue weighted by Gasteiger charge is 2.39. The van der Waals surface area contributed by atoms with Crippen LogP contribution in [0.25, 0.3) is 10.2 Å². The molecule has 1 aromatic carbocycles. The van der Waals surface area contributed by atoms with E-state index < -0.39 is 0 Å². The first-order chi connectivity index (χ1) is 12.7. The van der Waals surface area contributed by atoms with Crippen LogP contribution in [0, 0.1) is 5.92 Å². The molecule has 2 fully saturated rings. The Labute approximate surface area is 157 Å². The van der Waals surface area contributed by atoms with Gasteiger partial charge in [-0.1, -0.05) is 25.0 Å². The van der Waals surface area contributed by atoms with Gasteiger partial charge in [0.2, 0.25) is 5.91 Å². The third-order valence-electron chi connectivity index (χ3n) is 5.37. The van der Waals surface area contributed by atoms with E-state index in [1.807, 2.05) is 23.1 Å². The number of thiazole rings is 1. The van der Waals surface area contributed by atoms with Gasteiger partial charge in [0, 0.05) is 25.4 Å². The lowest BCUT2D eigenvalue weighted by atomic mass is 10.1. The number of fused-ring (bicyclic) bond motifs is 1. The lowest BCUT2D eigenvalue weighted by Gasteiger charge is -2.23. The molecule has 1 amide bonds. The van der Waals surface area contributed by atoms with E-state index in [0.29, 0.717) is 25.6 Å². The zero-order valence-corrected chi connectivity index (χ0v) is 15.7. The average Bonchev–Trinajstić information content (AvgIpc) is 3.37. The quantitative estimate of drug-likeness (QED) is 0.575. The van der Waals surface area contributed by atoms with Gasteiger partial charge in [-0.2, -0.15) is 0 Å². The van der Waals surface area contributed by atoms with Crippen LogP contribution in [0.4, 0.5) is 0 Å². The topological polar surface area (TPSA) is 59.5 Å². The highest BCUT2D eigenvalue weighted by atomic mass is 32.1. The molecule has 0 bridgehead atoms. The van der Waals surface area contributed by atoms with Crippen LogP contribution in [-0.4, -0.2) is 41.0 Å². The summed E-state index contributed by atoms with van der Waals surface area (Å²) in [6, 6.07) is 8.45. The summed E-state index contributed by atoms with van der Waals surface area (Å²) in [5, 5.41) is 1.07. The number of para-hydroxylation sites is 1. The first kappa shape index (κ1) is 17.5. The SMILES string of the molecule is O=C(OCCCc1nc2ccccc2s1)[C@H]1CC(=O)N(C2CCCC2)C1. The van der Waals surface area contributed by atoms with E-state index in [9.17, 15) is 9.59 Å². The molecular weight excluding hydrogens is 348 g/mol. The third-order valence-corrected chi connectivity index (χ3v) is 6.47. The Morgan fingerprint density at radius 2 is 2.08 bits per heavy atom. The Kier molecular flexibility index (Phi) is 5.20. The van der Waals surface area contributed by atoms with E-state index in [4.69, 9.17) is 4.74 Å². The fourth-order valence-corrected chi connectivity index (χ4v) is 5.01. The Hall–Kier alpha value is -1.95. The van der Waals surface area contributed by atoms with Crippen molar-refractivity contribution < 1.29 is 14.3 Å². The van der Waals surface area contributed by atoms with Crippen LogP contribution in [0.2, 0.25) is 0 Å². The molecule has 1 saturated carbocycles. The van der Waals surface area contributed by atoms with Gasteiger partial charge in [-0.3, -0.25) is 9.59 Å². The van der Waals surface area contributed by atoms with Gasteiger partial charge in [0.1, 0.15) is 0 Å². The van der Waals surface area contributed by atoms with Crippen molar-refractivity contribution in [2.75, 3.05) is 13.2 Å². The van der Waals surface area contributed by atoms with Gasteiger partial charge >= 0.3 is 5.97 Å². The summed E-state index contributed by atoms with van der Waals surface area (Å²) in [6.07, 6.45) is 6.42. The molecule has 0 unspecified atom stereocenters. The molecule has 4 rings (SSSR count). The zero-order chi connectivity index (χ0) is 17.9. The summed E-state index contributed by atoms with van der Waals surface area (Å²) in [7, 11) is 0. The van der Waals surface area contributed by atoms with Crippen molar-refractivity contribution in [2.45, 2.75) is 51.0 Å². The molecule has 2 heterocycles. The molecule has 1 aliphatic heterocycles. The van der Waals surface area contributed by atoms with E-state index in [1.54, 1.807) is 11.3 Å². The second-order valence-electron chi connectivity index (χ2n) is 7.23. The first-order valence-electron chi connectivity index (χ1n) is 9.51. The number of amides is 1. The summed E-state index contributed by atoms with van der Waals surface area (Å²) in [4.78, 5) is 31.0. The van der Waals surface area contributed by atoms with Crippen molar-refractivity contribution in [3.8, 4) is 0 Å². The normalized spacial score (nSPS) is 21.0. The van der Waals surface area contributed by atoms with Crippen LogP contribution >= 0.6 is 11.3 Å². The van der Waals surface area contributed by atoms with Gasteiger partial charge in [0.25, 0.3) is 0 Å². The highest BCUT2D eigenvalue weighted by Crippen LogP contribution is 2.30. The minimum atomic E-state index is -0.287. The number of aryl methyl sites for hydroxylation is 1. The molecule has 26 heavy (non-hydrogen) atoms. The van der Waals surface area contributed by atoms with Crippen molar-refractivity contribution in [3.05, 3.63) is 29.3 Å². The fourth-order valence-electron chi connectivity index (χ4n) is 4.00. The number of carbonyl (C=O) groups excluding carboxylic acids is 2. The number of likely N-dealkylation sites (tertiary alicyclic amines) is 1. The summed E-state index contributed by atoms with van der Waals surface area (Å²) in [5.74, 6) is -0.387. The molecule has 0 N–H and O–H groups in total. The molecule has 2 aromatic rings. The van der Waals surface area contributed by atoms with E-state index in [1.165, 1.54) is 17.5 Å². The standard InChI is InChI=1S/C20H24N2O3S/c23-19-12-14(13-22(19)15-6-1-2-7-15)20(24)25-11-5-10-18-21-16-8-3-4-9-17(16)26-18/h3-4,8-9,14-15H,1-2,5-7,10-13H2/t14-/m0/s1. The number of hydrogen-bond acceptors (Lipinski definition) is 5. The largest absolute Gasteiger partial charge is 0.465 e. The van der Waals surface area contributed by atoms with Crippen molar-refractivity contribution >= 4 is 33.4 Å². The molecule has 6 heteroatoms. The number of rotatable bonds is 6. The van der Waals surface area contributed by atoms with Gasteiger partial charge in [-0.25, -0.2) is 4.98 Å². The molecular formula is C20H24N2O3S. The molecule has 1 aliphatic carbocycles. The molecule has 0 radical (unpaired) electrons. The molecule has 138 valence electrons. The fraction of sp³-hybridized carbons (Fsp3) is 0.550. The summed E-state index contributed by atoms with van der Waals surface area (Å²) in [6.45, 7) is 0.934. The van der Waals surface area contributed by atoms with Crippen LogP contribution in [0.5, 0.6) is 0 Å². The first-order valence-corrected chi connectivity index (χ1v) is 10.3. The van der Waals surface area contributed by atoms with Gasteiger partial charge in [-0.05, 0) is 31.4 Å². The third kappa shape index (κ3) is 3.75. The Bertz CT molecular complexity index is 764. The number of ether oxygens (including phenoxy) is 1. The van der Waals surface area contributed by atoms with Gasteiger partial charge in [-0.15, -0.1) is 11.3 Å². The average molecular weight is 372 g/mol. The van der Waals surface area contributed by atoms with Crippen LogP contribution in [0.1, 0.15) is 43.5 Å². The zero-order valence-electron chi connectivity index (χ0n) is 14.9. The number of benzene rings is 1. The Morgan fingerprint density at radius 3 is 2.88 bits per heavy atom. The van der Waals surface area contributed by atoms with E-state index >= 15 is 0 Å². The second kappa shape index (κ2) is 7.74. The smallest absolute Gasteiger partial charge is 0.311 e. The van der Waals surface area contributed by atoms with Crippen LogP contribution in [0.3, 0.4) is 0 Å². The molecule has 1 saturated heterocycles. The molecule has 1 aromatic heterocycles. The second-order valence-corrected chi connectivity index (χ2v) is 8.35. The number of carbonyl (C=O) groups is 2. The van der Waals surface area contributed by atoms with E-state index in [0.717, 1.165) is 36.2 Å². The lowest BCUT2D eigenvalue weighted by molar-refractivity contribution is -0.148. The predicted octanol–water partition coefficient (Wildman–Crippen LogP) is 3.56. The van der Waals surface area contributed by atoms with Crippen LogP contribution < -0.4 is 0 Å². The number of nitrogens with zero attached hydrogens (tertiary/aromatic N) is 2.